The molecule has 2 rings (SSSR count). The van der Waals surface area contributed by atoms with Crippen LogP contribution in [0.2, 0.25) is 5.02 Å². The van der Waals surface area contributed by atoms with Crippen LogP contribution in [0.25, 0.3) is 6.08 Å². The standard InChI is InChI=1S/C18H20ClN3O3/c1-11-16(12(2)22(4)21-11)9-10-17(23)25-13(3)18(24)20-15-7-5-14(19)6-8-15/h5-10,13H,1-4H3,(H,20,24)/b10-9+/t13-/m1/s1. The topological polar surface area (TPSA) is 73.2 Å². The van der Waals surface area contributed by atoms with Gasteiger partial charge in [0.25, 0.3) is 5.91 Å². The molecule has 1 amide bonds. The summed E-state index contributed by atoms with van der Waals surface area (Å²) in [6.45, 7) is 5.28. The Hall–Kier alpha value is -2.60. The number of aromatic nitrogens is 2. The Morgan fingerprint density at radius 3 is 2.48 bits per heavy atom. The molecule has 132 valence electrons. The molecule has 1 aromatic heterocycles. The summed E-state index contributed by atoms with van der Waals surface area (Å²) in [5.41, 5.74) is 3.19. The lowest BCUT2D eigenvalue weighted by Crippen LogP contribution is -2.29. The molecule has 0 bridgehead atoms. The third kappa shape index (κ3) is 4.93. The highest BCUT2D eigenvalue weighted by Gasteiger charge is 2.17. The first-order valence-electron chi connectivity index (χ1n) is 7.73. The van der Waals surface area contributed by atoms with Crippen LogP contribution >= 0.6 is 11.6 Å². The lowest BCUT2D eigenvalue weighted by molar-refractivity contribution is -0.148. The number of nitrogens with zero attached hydrogens (tertiary/aromatic N) is 2. The van der Waals surface area contributed by atoms with E-state index in [1.165, 1.54) is 13.0 Å². The fourth-order valence-electron chi connectivity index (χ4n) is 2.23. The van der Waals surface area contributed by atoms with Crippen molar-refractivity contribution in [2.45, 2.75) is 26.9 Å². The lowest BCUT2D eigenvalue weighted by Gasteiger charge is -2.12. The number of carbonyl (C=O) groups excluding carboxylic acids is 2. The van der Waals surface area contributed by atoms with Crippen molar-refractivity contribution in [1.82, 2.24) is 9.78 Å². The van der Waals surface area contributed by atoms with Gasteiger partial charge in [-0.25, -0.2) is 4.79 Å². The summed E-state index contributed by atoms with van der Waals surface area (Å²) < 4.78 is 6.86. The largest absolute Gasteiger partial charge is 0.449 e. The third-order valence-electron chi connectivity index (χ3n) is 3.72. The summed E-state index contributed by atoms with van der Waals surface area (Å²) in [4.78, 5) is 24.0. The first-order valence-corrected chi connectivity index (χ1v) is 8.11. The molecule has 7 heteroatoms. The van der Waals surface area contributed by atoms with Crippen molar-refractivity contribution >= 4 is 35.2 Å². The van der Waals surface area contributed by atoms with Crippen molar-refractivity contribution in [2.24, 2.45) is 7.05 Å². The number of carbonyl (C=O) groups is 2. The molecule has 0 saturated carbocycles. The monoisotopic (exact) mass is 361 g/mol. The van der Waals surface area contributed by atoms with E-state index < -0.39 is 18.0 Å². The van der Waals surface area contributed by atoms with E-state index in [9.17, 15) is 9.59 Å². The summed E-state index contributed by atoms with van der Waals surface area (Å²) >= 11 is 5.79. The quantitative estimate of drug-likeness (QED) is 0.655. The lowest BCUT2D eigenvalue weighted by atomic mass is 10.2. The molecular weight excluding hydrogens is 342 g/mol. The zero-order valence-electron chi connectivity index (χ0n) is 14.5. The highest BCUT2D eigenvalue weighted by atomic mass is 35.5. The van der Waals surface area contributed by atoms with E-state index in [-0.39, 0.29) is 0 Å². The number of aryl methyl sites for hydroxylation is 2. The molecule has 1 N–H and O–H groups in total. The van der Waals surface area contributed by atoms with E-state index in [4.69, 9.17) is 16.3 Å². The van der Waals surface area contributed by atoms with Crippen LogP contribution in [-0.2, 0) is 21.4 Å². The molecule has 0 unspecified atom stereocenters. The number of benzene rings is 1. The average molecular weight is 362 g/mol. The van der Waals surface area contributed by atoms with Crippen LogP contribution in [0.4, 0.5) is 5.69 Å². The van der Waals surface area contributed by atoms with Crippen LogP contribution in [0.5, 0.6) is 0 Å². The first-order chi connectivity index (χ1) is 11.8. The van der Waals surface area contributed by atoms with Gasteiger partial charge in [0.1, 0.15) is 0 Å². The fourth-order valence-corrected chi connectivity index (χ4v) is 2.35. The Morgan fingerprint density at radius 1 is 1.28 bits per heavy atom. The SMILES string of the molecule is Cc1nn(C)c(C)c1/C=C/C(=O)O[C@H](C)C(=O)Nc1ccc(Cl)cc1. The van der Waals surface area contributed by atoms with Crippen LogP contribution in [0, 0.1) is 13.8 Å². The van der Waals surface area contributed by atoms with Gasteiger partial charge in [-0.2, -0.15) is 5.10 Å². The summed E-state index contributed by atoms with van der Waals surface area (Å²) in [6.07, 6.45) is 2.01. The van der Waals surface area contributed by atoms with Gasteiger partial charge in [0.05, 0.1) is 5.69 Å². The molecule has 0 spiro atoms. The molecule has 0 radical (unpaired) electrons. The van der Waals surface area contributed by atoms with E-state index in [2.05, 4.69) is 10.4 Å². The van der Waals surface area contributed by atoms with Gasteiger partial charge in [0, 0.05) is 35.1 Å². The third-order valence-corrected chi connectivity index (χ3v) is 3.98. The zero-order chi connectivity index (χ0) is 18.6. The Balaban J connectivity index is 1.93. The Kier molecular flexibility index (Phi) is 5.98. The zero-order valence-corrected chi connectivity index (χ0v) is 15.3. The van der Waals surface area contributed by atoms with Crippen molar-refractivity contribution < 1.29 is 14.3 Å². The molecule has 6 nitrogen and oxygen atoms in total. The smallest absolute Gasteiger partial charge is 0.331 e. The van der Waals surface area contributed by atoms with Gasteiger partial charge in [-0.05, 0) is 51.1 Å². The van der Waals surface area contributed by atoms with Gasteiger partial charge in [-0.3, -0.25) is 9.48 Å². The molecule has 2 aromatic rings. The van der Waals surface area contributed by atoms with E-state index in [1.54, 1.807) is 35.0 Å². The molecule has 0 aliphatic rings. The number of ether oxygens (including phenoxy) is 1. The second-order valence-electron chi connectivity index (χ2n) is 5.62. The number of hydrogen-bond acceptors (Lipinski definition) is 4. The minimum Gasteiger partial charge on any atom is -0.449 e. The van der Waals surface area contributed by atoms with E-state index in [1.807, 2.05) is 20.9 Å². The summed E-state index contributed by atoms with van der Waals surface area (Å²) in [7, 11) is 1.83. The number of anilines is 1. The minimum atomic E-state index is -0.927. The number of esters is 1. The van der Waals surface area contributed by atoms with Crippen LogP contribution in [-0.4, -0.2) is 27.8 Å². The van der Waals surface area contributed by atoms with Crippen LogP contribution in [0.3, 0.4) is 0 Å². The Morgan fingerprint density at radius 2 is 1.92 bits per heavy atom. The molecular formula is C18H20ClN3O3. The van der Waals surface area contributed by atoms with Gasteiger partial charge in [0.15, 0.2) is 6.10 Å². The molecule has 1 atom stereocenters. The van der Waals surface area contributed by atoms with Gasteiger partial charge in [-0.15, -0.1) is 0 Å². The number of nitrogens with one attached hydrogen (secondary N) is 1. The van der Waals surface area contributed by atoms with Crippen molar-refractivity contribution in [3.05, 3.63) is 52.3 Å². The van der Waals surface area contributed by atoms with E-state index >= 15 is 0 Å². The maximum atomic E-state index is 12.1. The van der Waals surface area contributed by atoms with Crippen molar-refractivity contribution in [2.75, 3.05) is 5.32 Å². The highest BCUT2D eigenvalue weighted by Crippen LogP contribution is 2.15. The Bertz CT molecular complexity index is 810. The number of hydrogen-bond donors (Lipinski definition) is 1. The second kappa shape index (κ2) is 7.98. The average Bonchev–Trinajstić information content (AvgIpc) is 2.80. The second-order valence-corrected chi connectivity index (χ2v) is 6.05. The van der Waals surface area contributed by atoms with Crippen LogP contribution in [0.15, 0.2) is 30.3 Å². The number of rotatable bonds is 5. The first kappa shape index (κ1) is 18.7. The molecule has 0 saturated heterocycles. The van der Waals surface area contributed by atoms with Gasteiger partial charge >= 0.3 is 5.97 Å². The summed E-state index contributed by atoms with van der Waals surface area (Å²) in [6, 6.07) is 6.66. The summed E-state index contributed by atoms with van der Waals surface area (Å²) in [5, 5.41) is 7.50. The summed E-state index contributed by atoms with van der Waals surface area (Å²) in [5.74, 6) is -1.01. The van der Waals surface area contributed by atoms with Crippen molar-refractivity contribution in [3.63, 3.8) is 0 Å². The molecule has 1 heterocycles. The molecule has 1 aromatic carbocycles. The maximum Gasteiger partial charge on any atom is 0.331 e. The minimum absolute atomic E-state index is 0.419. The molecule has 0 fully saturated rings. The molecule has 25 heavy (non-hydrogen) atoms. The van der Waals surface area contributed by atoms with Gasteiger partial charge < -0.3 is 10.1 Å². The van der Waals surface area contributed by atoms with Gasteiger partial charge in [0.2, 0.25) is 0 Å². The predicted molar refractivity (Wildman–Crippen MR) is 97.4 cm³/mol. The highest BCUT2D eigenvalue weighted by molar-refractivity contribution is 6.30. The van der Waals surface area contributed by atoms with Crippen molar-refractivity contribution in [1.29, 1.82) is 0 Å². The number of halogens is 1. The molecule has 0 aliphatic carbocycles. The Labute approximate surface area is 151 Å². The normalized spacial score (nSPS) is 12.2. The number of amides is 1. The van der Waals surface area contributed by atoms with E-state index in [0.29, 0.717) is 10.7 Å². The van der Waals surface area contributed by atoms with Crippen LogP contribution < -0.4 is 5.32 Å². The molecule has 0 aliphatic heterocycles. The maximum absolute atomic E-state index is 12.1. The van der Waals surface area contributed by atoms with E-state index in [0.717, 1.165) is 17.0 Å². The predicted octanol–water partition coefficient (Wildman–Crippen LogP) is 3.27. The fraction of sp³-hybridized carbons (Fsp3) is 0.278. The van der Waals surface area contributed by atoms with Crippen LogP contribution in [0.1, 0.15) is 23.9 Å². The van der Waals surface area contributed by atoms with Gasteiger partial charge in [-0.1, -0.05) is 11.6 Å². The van der Waals surface area contributed by atoms with Crippen molar-refractivity contribution in [3.8, 4) is 0 Å².